The minimum atomic E-state index is -3.37. The molecular formula is C7H13NO4S. The first-order valence-corrected chi connectivity index (χ1v) is 5.97. The van der Waals surface area contributed by atoms with Crippen molar-refractivity contribution in [2.45, 2.75) is 18.1 Å². The summed E-state index contributed by atoms with van der Waals surface area (Å²) in [5.41, 5.74) is 0.199. The molecule has 5 nitrogen and oxygen atoms in total. The average Bonchev–Trinajstić information content (AvgIpc) is 2.79. The fourth-order valence-electron chi connectivity index (χ4n) is 1.24. The zero-order valence-corrected chi connectivity index (χ0v) is 8.16. The summed E-state index contributed by atoms with van der Waals surface area (Å²) in [7, 11) is -3.37. The molecule has 0 spiro atoms. The number of aliphatic hydroxyl groups excluding tert-OH is 1. The third-order valence-electron chi connectivity index (χ3n) is 2.12. The molecule has 0 aliphatic heterocycles. The van der Waals surface area contributed by atoms with Gasteiger partial charge in [0.1, 0.15) is 5.25 Å². The fraction of sp³-hybridized carbons (Fsp3) is 0.857. The molecule has 0 saturated heterocycles. The van der Waals surface area contributed by atoms with Gasteiger partial charge >= 0.3 is 0 Å². The van der Waals surface area contributed by atoms with Crippen molar-refractivity contribution in [2.75, 3.05) is 12.9 Å². The molecule has 0 aromatic heterocycles. The number of hydrogen-bond donors (Lipinski definition) is 2. The highest BCUT2D eigenvalue weighted by Gasteiger charge is 2.37. The van der Waals surface area contributed by atoms with E-state index in [1.165, 1.54) is 0 Å². The van der Waals surface area contributed by atoms with E-state index in [1.54, 1.807) is 0 Å². The summed E-state index contributed by atoms with van der Waals surface area (Å²) in [6.07, 6.45) is 2.71. The Labute approximate surface area is 77.0 Å². The Bertz CT molecular complexity index is 304. The minimum absolute atomic E-state index is 0.0388. The highest BCUT2D eigenvalue weighted by molar-refractivity contribution is 7.92. The van der Waals surface area contributed by atoms with Crippen LogP contribution in [0.15, 0.2) is 5.16 Å². The minimum Gasteiger partial charge on any atom is -0.411 e. The maximum Gasteiger partial charge on any atom is 0.158 e. The van der Waals surface area contributed by atoms with E-state index in [2.05, 4.69) is 5.16 Å². The van der Waals surface area contributed by atoms with Crippen LogP contribution < -0.4 is 0 Å². The number of oxime groups is 1. The monoisotopic (exact) mass is 207 g/mol. The maximum atomic E-state index is 11.1. The first-order chi connectivity index (χ1) is 6.00. The summed E-state index contributed by atoms with van der Waals surface area (Å²) < 4.78 is 22.3. The molecule has 0 aromatic carbocycles. The molecule has 2 N–H and O–H groups in total. The van der Waals surface area contributed by atoms with Crippen molar-refractivity contribution in [3.8, 4) is 0 Å². The molecule has 76 valence electrons. The molecule has 0 aromatic rings. The molecule has 0 heterocycles. The van der Waals surface area contributed by atoms with Crippen LogP contribution in [0.2, 0.25) is 0 Å². The Morgan fingerprint density at radius 3 is 2.38 bits per heavy atom. The van der Waals surface area contributed by atoms with E-state index in [9.17, 15) is 8.42 Å². The molecule has 1 atom stereocenters. The van der Waals surface area contributed by atoms with E-state index < -0.39 is 21.7 Å². The van der Waals surface area contributed by atoms with Gasteiger partial charge in [0.25, 0.3) is 0 Å². The first kappa shape index (κ1) is 10.5. The Morgan fingerprint density at radius 2 is 2.15 bits per heavy atom. The highest BCUT2D eigenvalue weighted by atomic mass is 32.2. The molecule has 0 bridgehead atoms. The van der Waals surface area contributed by atoms with Gasteiger partial charge in [0.15, 0.2) is 9.84 Å². The molecule has 0 radical (unpaired) electrons. The van der Waals surface area contributed by atoms with Gasteiger partial charge in [-0.2, -0.15) is 0 Å². The molecule has 1 aliphatic carbocycles. The van der Waals surface area contributed by atoms with Gasteiger partial charge in [-0.05, 0) is 12.8 Å². The zero-order chi connectivity index (χ0) is 10.1. The van der Waals surface area contributed by atoms with Gasteiger partial charge in [0.2, 0.25) is 0 Å². The van der Waals surface area contributed by atoms with Crippen LogP contribution in [0.3, 0.4) is 0 Å². The lowest BCUT2D eigenvalue weighted by Gasteiger charge is -2.12. The van der Waals surface area contributed by atoms with E-state index in [4.69, 9.17) is 10.3 Å². The van der Waals surface area contributed by atoms with Crippen LogP contribution in [0.25, 0.3) is 0 Å². The molecule has 0 unspecified atom stereocenters. The highest BCUT2D eigenvalue weighted by Crippen LogP contribution is 2.33. The third kappa shape index (κ3) is 2.41. The number of nitrogens with zero attached hydrogens (tertiary/aromatic N) is 1. The van der Waals surface area contributed by atoms with Crippen LogP contribution >= 0.6 is 0 Å². The predicted octanol–water partition coefficient (Wildman–Crippen LogP) is -0.368. The average molecular weight is 207 g/mol. The van der Waals surface area contributed by atoms with Gasteiger partial charge in [-0.3, -0.25) is 0 Å². The Morgan fingerprint density at radius 1 is 1.62 bits per heavy atom. The first-order valence-electron chi connectivity index (χ1n) is 4.02. The van der Waals surface area contributed by atoms with Gasteiger partial charge in [-0.1, -0.05) is 5.16 Å². The van der Waals surface area contributed by atoms with Crippen molar-refractivity contribution < 1.29 is 18.7 Å². The second-order valence-electron chi connectivity index (χ2n) is 3.30. The topological polar surface area (TPSA) is 87.0 Å². The number of sulfone groups is 1. The van der Waals surface area contributed by atoms with E-state index in [1.807, 2.05) is 0 Å². The van der Waals surface area contributed by atoms with E-state index >= 15 is 0 Å². The SMILES string of the molecule is CS(=O)(=O)[C@@H](CO)/C(=N\O)C1CC1. The molecule has 13 heavy (non-hydrogen) atoms. The summed E-state index contributed by atoms with van der Waals surface area (Å²) in [5.74, 6) is 0.0388. The van der Waals surface area contributed by atoms with Gasteiger partial charge in [0.05, 0.1) is 12.3 Å². The number of rotatable bonds is 4. The lowest BCUT2D eigenvalue weighted by atomic mass is 10.2. The van der Waals surface area contributed by atoms with Crippen molar-refractivity contribution in [2.24, 2.45) is 11.1 Å². The molecule has 6 heteroatoms. The summed E-state index contributed by atoms with van der Waals surface area (Å²) in [4.78, 5) is 0. The lowest BCUT2D eigenvalue weighted by molar-refractivity contribution is 0.293. The smallest absolute Gasteiger partial charge is 0.158 e. The van der Waals surface area contributed by atoms with Crippen LogP contribution in [0.5, 0.6) is 0 Å². The van der Waals surface area contributed by atoms with Gasteiger partial charge in [-0.15, -0.1) is 0 Å². The van der Waals surface area contributed by atoms with Crippen molar-refractivity contribution in [1.29, 1.82) is 0 Å². The van der Waals surface area contributed by atoms with Crippen LogP contribution in [0, 0.1) is 5.92 Å². The summed E-state index contributed by atoms with van der Waals surface area (Å²) in [6, 6.07) is 0. The summed E-state index contributed by atoms with van der Waals surface area (Å²) >= 11 is 0. The van der Waals surface area contributed by atoms with Crippen LogP contribution in [0.4, 0.5) is 0 Å². The number of hydrogen-bond acceptors (Lipinski definition) is 5. The third-order valence-corrected chi connectivity index (χ3v) is 3.55. The summed E-state index contributed by atoms with van der Waals surface area (Å²) in [5, 5.41) is 19.4. The van der Waals surface area contributed by atoms with Crippen LogP contribution in [-0.2, 0) is 9.84 Å². The zero-order valence-electron chi connectivity index (χ0n) is 7.34. The van der Waals surface area contributed by atoms with Crippen LogP contribution in [-0.4, -0.2) is 42.6 Å². The van der Waals surface area contributed by atoms with Crippen molar-refractivity contribution in [3.05, 3.63) is 0 Å². The fourth-order valence-corrected chi connectivity index (χ4v) is 2.19. The molecule has 1 fully saturated rings. The Balaban J connectivity index is 2.87. The van der Waals surface area contributed by atoms with Gasteiger partial charge in [-0.25, -0.2) is 8.42 Å². The Kier molecular flexibility index (Phi) is 2.92. The lowest BCUT2D eigenvalue weighted by Crippen LogP contribution is -2.34. The maximum absolute atomic E-state index is 11.1. The quantitative estimate of drug-likeness (QED) is 0.374. The molecule has 1 aliphatic rings. The Hall–Kier alpha value is -0.620. The van der Waals surface area contributed by atoms with Crippen LogP contribution in [0.1, 0.15) is 12.8 Å². The van der Waals surface area contributed by atoms with Gasteiger partial charge in [0, 0.05) is 12.2 Å². The van der Waals surface area contributed by atoms with E-state index in [0.29, 0.717) is 0 Å². The second-order valence-corrected chi connectivity index (χ2v) is 5.53. The molecular weight excluding hydrogens is 194 g/mol. The van der Waals surface area contributed by atoms with Crippen molar-refractivity contribution in [1.82, 2.24) is 0 Å². The molecule has 0 amide bonds. The van der Waals surface area contributed by atoms with Crippen molar-refractivity contribution in [3.63, 3.8) is 0 Å². The van der Waals surface area contributed by atoms with E-state index in [-0.39, 0.29) is 11.6 Å². The number of aliphatic hydroxyl groups is 1. The molecule has 1 rings (SSSR count). The second kappa shape index (κ2) is 3.63. The largest absolute Gasteiger partial charge is 0.411 e. The summed E-state index contributed by atoms with van der Waals surface area (Å²) in [6.45, 7) is -0.519. The van der Waals surface area contributed by atoms with Gasteiger partial charge < -0.3 is 10.3 Å². The van der Waals surface area contributed by atoms with E-state index in [0.717, 1.165) is 19.1 Å². The molecule has 1 saturated carbocycles. The normalized spacial score (nSPS) is 21.5. The van der Waals surface area contributed by atoms with Crippen molar-refractivity contribution >= 4 is 15.5 Å². The predicted molar refractivity (Wildman–Crippen MR) is 47.7 cm³/mol. The standard InChI is InChI=1S/C7H13NO4S/c1-13(11,12)6(4-9)7(8-10)5-2-3-5/h5-6,9-10H,2-4H2,1H3/b8-7-/t6-/m0/s1.